The zero-order valence-corrected chi connectivity index (χ0v) is 19.9. The van der Waals surface area contributed by atoms with Crippen LogP contribution in [0.1, 0.15) is 40.2 Å². The first-order valence-corrected chi connectivity index (χ1v) is 10.9. The molecule has 6 nitrogen and oxygen atoms in total. The lowest BCUT2D eigenvalue weighted by Crippen LogP contribution is -2.50. The Morgan fingerprint density at radius 3 is 1.97 bits per heavy atom. The summed E-state index contributed by atoms with van der Waals surface area (Å²) < 4.78 is 45.0. The van der Waals surface area contributed by atoms with Crippen LogP contribution in [0, 0.1) is 0 Å². The van der Waals surface area contributed by atoms with E-state index in [4.69, 9.17) is 16.2 Å². The molecule has 0 unspecified atom stereocenters. The van der Waals surface area contributed by atoms with Crippen LogP contribution in [0.15, 0.2) is 59.6 Å². The predicted molar refractivity (Wildman–Crippen MR) is 126 cm³/mol. The summed E-state index contributed by atoms with van der Waals surface area (Å²) in [5.41, 5.74) is 10.1. The number of rotatable bonds is 4. The van der Waals surface area contributed by atoms with Gasteiger partial charge in [-0.05, 0) is 32.4 Å². The highest BCUT2D eigenvalue weighted by molar-refractivity contribution is 5.68. The first-order chi connectivity index (χ1) is 15.4. The van der Waals surface area contributed by atoms with Crippen molar-refractivity contribution in [1.82, 2.24) is 9.80 Å². The minimum absolute atomic E-state index is 0.142. The van der Waals surface area contributed by atoms with Crippen LogP contribution in [0.4, 0.5) is 18.0 Å². The topological polar surface area (TPSA) is 84.8 Å². The maximum atomic E-state index is 13.2. The van der Waals surface area contributed by atoms with Gasteiger partial charge in [-0.1, -0.05) is 56.3 Å². The predicted octanol–water partition coefficient (Wildman–Crippen LogP) is 4.85. The van der Waals surface area contributed by atoms with E-state index in [0.29, 0.717) is 26.2 Å². The molecule has 0 spiro atoms. The number of hydrogen-bond donors (Lipinski definition) is 2. The Bertz CT molecular complexity index is 849. The van der Waals surface area contributed by atoms with E-state index in [1.54, 1.807) is 54.8 Å². The fraction of sp³-hybridized carbons (Fsp3) is 0.458. The molecule has 1 saturated heterocycles. The molecule has 1 aromatic rings. The highest BCUT2D eigenvalue weighted by atomic mass is 19.4. The molecule has 9 heteroatoms. The third-order valence-electron chi connectivity index (χ3n) is 4.47. The molecule has 0 atom stereocenters. The van der Waals surface area contributed by atoms with Gasteiger partial charge >= 0.3 is 12.3 Å². The lowest BCUT2D eigenvalue weighted by atomic mass is 10.1. The summed E-state index contributed by atoms with van der Waals surface area (Å²) in [4.78, 5) is 15.4. The Balaban J connectivity index is 0.00000265. The van der Waals surface area contributed by atoms with Crippen molar-refractivity contribution in [3.63, 3.8) is 0 Å². The Labute approximate surface area is 194 Å². The van der Waals surface area contributed by atoms with Crippen LogP contribution < -0.4 is 11.5 Å². The Hall–Kier alpha value is -3.10. The van der Waals surface area contributed by atoms with Gasteiger partial charge in [-0.3, -0.25) is 0 Å². The second-order valence-corrected chi connectivity index (χ2v) is 8.13. The second kappa shape index (κ2) is 12.2. The minimum atomic E-state index is -4.69. The van der Waals surface area contributed by atoms with Gasteiger partial charge in [0.15, 0.2) is 0 Å². The number of carbonyl (C=O) groups excluding carboxylic acids is 1. The molecule has 1 aromatic carbocycles. The van der Waals surface area contributed by atoms with Gasteiger partial charge < -0.3 is 26.0 Å². The minimum Gasteiger partial charge on any atom is -0.444 e. The summed E-state index contributed by atoms with van der Waals surface area (Å²) >= 11 is 0. The molecule has 0 aromatic heterocycles. The van der Waals surface area contributed by atoms with Crippen molar-refractivity contribution in [2.75, 3.05) is 26.2 Å². The van der Waals surface area contributed by atoms with Gasteiger partial charge in [-0.15, -0.1) is 0 Å². The van der Waals surface area contributed by atoms with Crippen molar-refractivity contribution in [3.8, 4) is 0 Å². The molecule has 2 rings (SSSR count). The molecule has 4 N–H and O–H groups in total. The smallest absolute Gasteiger partial charge is 0.431 e. The summed E-state index contributed by atoms with van der Waals surface area (Å²) in [5.74, 6) is 0.142. The summed E-state index contributed by atoms with van der Waals surface area (Å²) in [6, 6.07) is 8.91. The van der Waals surface area contributed by atoms with Gasteiger partial charge in [0.05, 0.1) is 5.82 Å². The van der Waals surface area contributed by atoms with Crippen molar-refractivity contribution in [2.24, 2.45) is 11.5 Å². The monoisotopic (exact) mass is 468 g/mol. The maximum Gasteiger partial charge on any atom is 0.431 e. The normalized spacial score (nSPS) is 16.2. The highest BCUT2D eigenvalue weighted by Gasteiger charge is 2.33. The molecule has 1 aliphatic heterocycles. The molecule has 0 saturated carbocycles. The van der Waals surface area contributed by atoms with E-state index >= 15 is 0 Å². The zero-order chi connectivity index (χ0) is 25.2. The largest absolute Gasteiger partial charge is 0.444 e. The Morgan fingerprint density at radius 1 is 0.970 bits per heavy atom. The molecule has 184 valence electrons. The number of halogens is 3. The average molecular weight is 469 g/mol. The fourth-order valence-corrected chi connectivity index (χ4v) is 2.85. The van der Waals surface area contributed by atoms with E-state index in [1.807, 2.05) is 19.9 Å². The number of ether oxygens (including phenoxy) is 1. The number of nitrogens with two attached hydrogens (primary N) is 2. The van der Waals surface area contributed by atoms with Crippen molar-refractivity contribution in [1.29, 1.82) is 0 Å². The van der Waals surface area contributed by atoms with Gasteiger partial charge in [-0.25, -0.2) is 4.79 Å². The van der Waals surface area contributed by atoms with Crippen LogP contribution in [0.25, 0.3) is 6.08 Å². The first kappa shape index (κ1) is 27.9. The molecule has 1 amide bonds. The molecule has 1 fully saturated rings. The van der Waals surface area contributed by atoms with Crippen molar-refractivity contribution in [3.05, 3.63) is 65.1 Å². The Morgan fingerprint density at radius 2 is 1.48 bits per heavy atom. The molecule has 1 heterocycles. The molecule has 0 bridgehead atoms. The van der Waals surface area contributed by atoms with Crippen molar-refractivity contribution < 1.29 is 22.7 Å². The van der Waals surface area contributed by atoms with Crippen LogP contribution in [-0.4, -0.2) is 53.8 Å². The second-order valence-electron chi connectivity index (χ2n) is 8.13. The van der Waals surface area contributed by atoms with Gasteiger partial charge in [0.25, 0.3) is 0 Å². The quantitative estimate of drug-likeness (QED) is 0.617. The lowest BCUT2D eigenvalue weighted by Gasteiger charge is -2.36. The number of nitrogens with zero attached hydrogens (tertiary/aromatic N) is 2. The molecular formula is C24H35F3N4O2. The SMILES string of the molecule is CC.CC(C)(C)OC(=O)N1CCN(/C(N)=C/C(/C=C/c2ccccc2)=C(\N)C(F)(F)F)CC1. The van der Waals surface area contributed by atoms with E-state index < -0.39 is 23.6 Å². The van der Waals surface area contributed by atoms with E-state index in [9.17, 15) is 18.0 Å². The molecule has 33 heavy (non-hydrogen) atoms. The third kappa shape index (κ3) is 9.51. The van der Waals surface area contributed by atoms with Crippen LogP contribution in [0.3, 0.4) is 0 Å². The summed E-state index contributed by atoms with van der Waals surface area (Å²) in [6.45, 7) is 10.8. The number of allylic oxidation sites excluding steroid dienone is 4. The van der Waals surface area contributed by atoms with Gasteiger partial charge in [-0.2, -0.15) is 13.2 Å². The maximum absolute atomic E-state index is 13.2. The van der Waals surface area contributed by atoms with E-state index in [2.05, 4.69) is 0 Å². The lowest BCUT2D eigenvalue weighted by molar-refractivity contribution is -0.0931. The van der Waals surface area contributed by atoms with Crippen LogP contribution in [0.2, 0.25) is 0 Å². The molecular weight excluding hydrogens is 433 g/mol. The molecule has 1 aliphatic rings. The number of hydrogen-bond acceptors (Lipinski definition) is 5. The van der Waals surface area contributed by atoms with Crippen LogP contribution in [0.5, 0.6) is 0 Å². The highest BCUT2D eigenvalue weighted by Crippen LogP contribution is 2.26. The zero-order valence-electron chi connectivity index (χ0n) is 19.9. The number of alkyl halides is 3. The van der Waals surface area contributed by atoms with Crippen LogP contribution in [-0.2, 0) is 4.74 Å². The summed E-state index contributed by atoms with van der Waals surface area (Å²) in [5, 5.41) is 0. The van der Waals surface area contributed by atoms with Crippen molar-refractivity contribution >= 4 is 12.2 Å². The van der Waals surface area contributed by atoms with Gasteiger partial charge in [0.2, 0.25) is 0 Å². The van der Waals surface area contributed by atoms with E-state index in [-0.39, 0.29) is 11.4 Å². The summed E-state index contributed by atoms with van der Waals surface area (Å²) in [6.07, 6.45) is -1.07. The average Bonchev–Trinajstić information content (AvgIpc) is 2.76. The van der Waals surface area contributed by atoms with Gasteiger partial charge in [0.1, 0.15) is 11.3 Å². The number of carbonyl (C=O) groups is 1. The standard InChI is InChI=1S/C22H29F3N4O2.C2H6/c1-21(2,3)31-20(30)29-13-11-28(12-14-29)18(26)15-17(19(27)22(23,24)25)10-9-16-7-5-4-6-8-16;1-2/h4-10,15H,11-14,26-27H2,1-3H3;1-2H3/b10-9+,18-15+,19-17-;. The van der Waals surface area contributed by atoms with Crippen LogP contribution >= 0.6 is 0 Å². The van der Waals surface area contributed by atoms with E-state index in [0.717, 1.165) is 5.56 Å². The Kier molecular flexibility index (Phi) is 10.3. The number of amides is 1. The third-order valence-corrected chi connectivity index (χ3v) is 4.47. The molecule has 0 aliphatic carbocycles. The number of benzene rings is 1. The molecule has 0 radical (unpaired) electrons. The van der Waals surface area contributed by atoms with E-state index in [1.165, 1.54) is 18.2 Å². The fourth-order valence-electron chi connectivity index (χ4n) is 2.85. The van der Waals surface area contributed by atoms with Gasteiger partial charge in [0, 0.05) is 31.8 Å². The first-order valence-electron chi connectivity index (χ1n) is 10.9. The van der Waals surface area contributed by atoms with Crippen molar-refractivity contribution in [2.45, 2.75) is 46.4 Å². The summed E-state index contributed by atoms with van der Waals surface area (Å²) in [7, 11) is 0. The number of piperazine rings is 1.